The molecule has 6 heteroatoms. The molecular formula is C11H10F3NO2. The molecule has 0 saturated heterocycles. The molecule has 1 atom stereocenters. The molecule has 1 aliphatic rings. The second-order valence-electron chi connectivity index (χ2n) is 3.70. The lowest BCUT2D eigenvalue weighted by Crippen LogP contribution is -2.16. The second kappa shape index (κ2) is 4.37. The van der Waals surface area contributed by atoms with Gasteiger partial charge in [-0.25, -0.2) is 0 Å². The number of nitrogens with zero attached hydrogens (tertiary/aromatic N) is 1. The summed E-state index contributed by atoms with van der Waals surface area (Å²) >= 11 is 0. The van der Waals surface area contributed by atoms with Crippen LogP contribution in [0.25, 0.3) is 0 Å². The molecule has 92 valence electrons. The van der Waals surface area contributed by atoms with E-state index in [1.165, 1.54) is 18.2 Å². The summed E-state index contributed by atoms with van der Waals surface area (Å²) in [6.45, 7) is -0.263. The molecule has 3 nitrogen and oxygen atoms in total. The van der Waals surface area contributed by atoms with Gasteiger partial charge in [-0.3, -0.25) is 0 Å². The summed E-state index contributed by atoms with van der Waals surface area (Å²) in [6, 6.07) is 5.19. The molecule has 0 radical (unpaired) electrons. The number of hydrogen-bond donors (Lipinski definition) is 1. The summed E-state index contributed by atoms with van der Waals surface area (Å²) in [6.07, 6.45) is -4.79. The first kappa shape index (κ1) is 11.9. The van der Waals surface area contributed by atoms with E-state index in [0.717, 1.165) is 6.07 Å². The van der Waals surface area contributed by atoms with E-state index in [1.807, 2.05) is 0 Å². The van der Waals surface area contributed by atoms with Gasteiger partial charge in [-0.15, -0.1) is 0 Å². The summed E-state index contributed by atoms with van der Waals surface area (Å²) in [4.78, 5) is 4.81. The normalized spacial score (nSPS) is 20.0. The van der Waals surface area contributed by atoms with E-state index in [9.17, 15) is 13.2 Å². The van der Waals surface area contributed by atoms with E-state index in [2.05, 4.69) is 5.16 Å². The van der Waals surface area contributed by atoms with Gasteiger partial charge in [-0.05, 0) is 6.07 Å². The van der Waals surface area contributed by atoms with Gasteiger partial charge in [-0.1, -0.05) is 23.4 Å². The lowest BCUT2D eigenvalue weighted by Gasteiger charge is -2.11. The first-order valence-corrected chi connectivity index (χ1v) is 5.02. The monoisotopic (exact) mass is 245 g/mol. The summed E-state index contributed by atoms with van der Waals surface area (Å²) < 4.78 is 38.2. The Morgan fingerprint density at radius 3 is 2.65 bits per heavy atom. The molecule has 1 heterocycles. The molecule has 0 aliphatic carbocycles. The molecule has 0 saturated carbocycles. The van der Waals surface area contributed by atoms with Crippen molar-refractivity contribution in [2.45, 2.75) is 18.7 Å². The van der Waals surface area contributed by atoms with Crippen LogP contribution in [0.15, 0.2) is 29.4 Å². The van der Waals surface area contributed by atoms with Crippen LogP contribution in [0.5, 0.6) is 0 Å². The molecule has 0 aromatic heterocycles. The highest BCUT2D eigenvalue weighted by Crippen LogP contribution is 2.33. The average molecular weight is 245 g/mol. The molecule has 0 fully saturated rings. The Labute approximate surface area is 95.5 Å². The van der Waals surface area contributed by atoms with Gasteiger partial charge in [0.05, 0.1) is 17.9 Å². The van der Waals surface area contributed by atoms with Crippen molar-refractivity contribution in [2.75, 3.05) is 6.61 Å². The molecule has 0 spiro atoms. The van der Waals surface area contributed by atoms with Gasteiger partial charge in [0.15, 0.2) is 6.10 Å². The molecular weight excluding hydrogens is 235 g/mol. The quantitative estimate of drug-likeness (QED) is 0.867. The fourth-order valence-corrected chi connectivity index (χ4v) is 1.67. The van der Waals surface area contributed by atoms with Gasteiger partial charge in [0.2, 0.25) is 0 Å². The number of halogens is 3. The fraction of sp³-hybridized carbons (Fsp3) is 0.364. The van der Waals surface area contributed by atoms with Gasteiger partial charge in [0, 0.05) is 12.0 Å². The van der Waals surface area contributed by atoms with Crippen LogP contribution in [-0.4, -0.2) is 23.5 Å². The number of aliphatic hydroxyl groups excluding tert-OH is 1. The number of aliphatic hydroxyl groups is 1. The van der Waals surface area contributed by atoms with E-state index < -0.39 is 17.8 Å². The number of alkyl halides is 3. The standard InChI is InChI=1S/C11H10F3NO2/c12-11(13,14)9-4-2-1-3-8(9)10-5-7(6-16)17-15-10/h1-4,7,16H,5-6H2. The van der Waals surface area contributed by atoms with Crippen molar-refractivity contribution in [3.63, 3.8) is 0 Å². The van der Waals surface area contributed by atoms with E-state index in [-0.39, 0.29) is 24.3 Å². The van der Waals surface area contributed by atoms with Crippen LogP contribution in [0.1, 0.15) is 17.5 Å². The summed E-state index contributed by atoms with van der Waals surface area (Å²) in [5.41, 5.74) is -0.506. The second-order valence-corrected chi connectivity index (χ2v) is 3.70. The van der Waals surface area contributed by atoms with Crippen molar-refractivity contribution >= 4 is 5.71 Å². The van der Waals surface area contributed by atoms with Crippen LogP contribution in [0, 0.1) is 0 Å². The Kier molecular flexibility index (Phi) is 3.06. The molecule has 17 heavy (non-hydrogen) atoms. The van der Waals surface area contributed by atoms with Gasteiger partial charge < -0.3 is 9.94 Å². The van der Waals surface area contributed by atoms with E-state index in [1.54, 1.807) is 0 Å². The predicted molar refractivity (Wildman–Crippen MR) is 54.6 cm³/mol. The molecule has 1 unspecified atom stereocenters. The van der Waals surface area contributed by atoms with Gasteiger partial charge in [0.1, 0.15) is 0 Å². The van der Waals surface area contributed by atoms with Crippen LogP contribution < -0.4 is 0 Å². The van der Waals surface area contributed by atoms with Gasteiger partial charge >= 0.3 is 6.18 Å². The predicted octanol–water partition coefficient (Wildman–Crippen LogP) is 2.19. The molecule has 2 rings (SSSR count). The van der Waals surface area contributed by atoms with Crippen molar-refractivity contribution in [1.82, 2.24) is 0 Å². The van der Waals surface area contributed by atoms with E-state index in [4.69, 9.17) is 9.94 Å². The van der Waals surface area contributed by atoms with E-state index in [0.29, 0.717) is 0 Å². The molecule has 1 aromatic carbocycles. The SMILES string of the molecule is OCC1CC(c2ccccc2C(F)(F)F)=NO1. The fourth-order valence-electron chi connectivity index (χ4n) is 1.67. The molecule has 0 amide bonds. The largest absolute Gasteiger partial charge is 0.417 e. The van der Waals surface area contributed by atoms with E-state index >= 15 is 0 Å². The minimum atomic E-state index is -4.42. The van der Waals surface area contributed by atoms with Crippen molar-refractivity contribution in [3.05, 3.63) is 35.4 Å². The van der Waals surface area contributed by atoms with Crippen LogP contribution >= 0.6 is 0 Å². The maximum absolute atomic E-state index is 12.7. The molecule has 1 aromatic rings. The zero-order valence-corrected chi connectivity index (χ0v) is 8.74. The summed E-state index contributed by atoms with van der Waals surface area (Å²) in [7, 11) is 0. The highest BCUT2D eigenvalue weighted by Gasteiger charge is 2.35. The first-order chi connectivity index (χ1) is 8.02. The number of oxime groups is 1. The Bertz CT molecular complexity index is 443. The zero-order chi connectivity index (χ0) is 12.5. The maximum atomic E-state index is 12.7. The lowest BCUT2D eigenvalue weighted by molar-refractivity contribution is -0.137. The van der Waals surface area contributed by atoms with Crippen molar-refractivity contribution < 1.29 is 23.1 Å². The van der Waals surface area contributed by atoms with Crippen molar-refractivity contribution in [2.24, 2.45) is 5.16 Å². The van der Waals surface area contributed by atoms with Crippen LogP contribution in [0.4, 0.5) is 13.2 Å². The highest BCUT2D eigenvalue weighted by atomic mass is 19.4. The van der Waals surface area contributed by atoms with Gasteiger partial charge in [-0.2, -0.15) is 13.2 Å². The average Bonchev–Trinajstić information content (AvgIpc) is 2.76. The third-order valence-corrected chi connectivity index (χ3v) is 2.48. The summed E-state index contributed by atoms with van der Waals surface area (Å²) in [5, 5.41) is 12.4. The van der Waals surface area contributed by atoms with Crippen molar-refractivity contribution in [1.29, 1.82) is 0 Å². The Morgan fingerprint density at radius 2 is 2.06 bits per heavy atom. The zero-order valence-electron chi connectivity index (χ0n) is 8.74. The van der Waals surface area contributed by atoms with Crippen LogP contribution in [0.2, 0.25) is 0 Å². The number of hydrogen-bond acceptors (Lipinski definition) is 3. The van der Waals surface area contributed by atoms with Crippen LogP contribution in [-0.2, 0) is 11.0 Å². The van der Waals surface area contributed by atoms with Crippen LogP contribution in [0.3, 0.4) is 0 Å². The maximum Gasteiger partial charge on any atom is 0.417 e. The number of rotatable bonds is 2. The summed E-state index contributed by atoms with van der Waals surface area (Å²) in [5.74, 6) is 0. The third kappa shape index (κ3) is 2.41. The Hall–Kier alpha value is -1.56. The third-order valence-electron chi connectivity index (χ3n) is 2.48. The minimum absolute atomic E-state index is 0.0101. The number of benzene rings is 1. The Balaban J connectivity index is 2.34. The smallest absolute Gasteiger partial charge is 0.392 e. The highest BCUT2D eigenvalue weighted by molar-refractivity contribution is 6.02. The molecule has 1 N–H and O–H groups in total. The molecule has 0 bridgehead atoms. The van der Waals surface area contributed by atoms with Crippen molar-refractivity contribution in [3.8, 4) is 0 Å². The Morgan fingerprint density at radius 1 is 1.35 bits per heavy atom. The van der Waals surface area contributed by atoms with Gasteiger partial charge in [0.25, 0.3) is 0 Å². The molecule has 1 aliphatic heterocycles. The lowest BCUT2D eigenvalue weighted by atomic mass is 9.99. The topological polar surface area (TPSA) is 41.8 Å². The first-order valence-electron chi connectivity index (χ1n) is 5.02. The minimum Gasteiger partial charge on any atom is -0.392 e.